The number of benzene rings is 1. The molecule has 3 N–H and O–H groups in total. The summed E-state index contributed by atoms with van der Waals surface area (Å²) in [6.07, 6.45) is 0. The molecule has 106 valence electrons. The van der Waals surface area contributed by atoms with E-state index in [1.807, 2.05) is 31.5 Å². The van der Waals surface area contributed by atoms with Gasteiger partial charge in [-0.3, -0.25) is 10.6 Å². The lowest BCUT2D eigenvalue weighted by molar-refractivity contribution is 0.0784. The first-order chi connectivity index (χ1) is 9.51. The minimum atomic E-state index is 0.00777. The molecular formula is C14H16BrN3OS. The number of nitrogens with zero attached hydrogens (tertiary/aromatic N) is 1. The van der Waals surface area contributed by atoms with Gasteiger partial charge in [0.15, 0.2) is 0 Å². The average molecular weight is 354 g/mol. The van der Waals surface area contributed by atoms with E-state index in [2.05, 4.69) is 21.4 Å². The Balaban J connectivity index is 2.14. The van der Waals surface area contributed by atoms with Crippen molar-refractivity contribution >= 4 is 38.9 Å². The Morgan fingerprint density at radius 3 is 2.75 bits per heavy atom. The zero-order valence-corrected chi connectivity index (χ0v) is 13.7. The number of carbonyl (C=O) groups is 1. The van der Waals surface area contributed by atoms with Gasteiger partial charge in [-0.1, -0.05) is 0 Å². The van der Waals surface area contributed by atoms with Gasteiger partial charge in [0.2, 0.25) is 0 Å². The van der Waals surface area contributed by atoms with Crippen molar-refractivity contribution in [1.29, 1.82) is 0 Å². The van der Waals surface area contributed by atoms with Crippen LogP contribution < -0.4 is 11.3 Å². The average Bonchev–Trinajstić information content (AvgIpc) is 2.83. The van der Waals surface area contributed by atoms with Crippen LogP contribution in [0.5, 0.6) is 0 Å². The van der Waals surface area contributed by atoms with Crippen LogP contribution in [0, 0.1) is 6.92 Å². The number of hydrogen-bond donors (Lipinski definition) is 2. The minimum absolute atomic E-state index is 0.00777. The number of aryl methyl sites for hydroxylation is 1. The van der Waals surface area contributed by atoms with Gasteiger partial charge in [0.25, 0.3) is 5.91 Å². The third kappa shape index (κ3) is 3.39. The fourth-order valence-corrected chi connectivity index (χ4v) is 3.17. The third-order valence-electron chi connectivity index (χ3n) is 3.01. The number of anilines is 1. The SMILES string of the molecule is Cc1cc(NN)ccc1C(=O)N(C)Cc1csc(Br)c1. The van der Waals surface area contributed by atoms with Crippen molar-refractivity contribution in [3.05, 3.63) is 50.1 Å². The number of rotatable bonds is 4. The smallest absolute Gasteiger partial charge is 0.254 e. The van der Waals surface area contributed by atoms with Crippen molar-refractivity contribution in [2.45, 2.75) is 13.5 Å². The highest BCUT2D eigenvalue weighted by Crippen LogP contribution is 2.22. The number of thiophene rings is 1. The molecule has 6 heteroatoms. The van der Waals surface area contributed by atoms with E-state index in [9.17, 15) is 4.79 Å². The Morgan fingerprint density at radius 1 is 1.45 bits per heavy atom. The highest BCUT2D eigenvalue weighted by molar-refractivity contribution is 9.11. The van der Waals surface area contributed by atoms with Crippen molar-refractivity contribution in [2.75, 3.05) is 12.5 Å². The van der Waals surface area contributed by atoms with Crippen LogP contribution in [0.15, 0.2) is 33.4 Å². The summed E-state index contributed by atoms with van der Waals surface area (Å²) in [4.78, 5) is 14.2. The fraction of sp³-hybridized carbons (Fsp3) is 0.214. The standard InChI is InChI=1S/C14H16BrN3OS/c1-9-5-11(17-16)3-4-12(9)14(19)18(2)7-10-6-13(15)20-8-10/h3-6,8,17H,7,16H2,1-2H3. The summed E-state index contributed by atoms with van der Waals surface area (Å²) in [5.74, 6) is 5.37. The van der Waals surface area contributed by atoms with Crippen molar-refractivity contribution in [1.82, 2.24) is 4.90 Å². The number of hydrogen-bond acceptors (Lipinski definition) is 4. The molecule has 0 unspecified atom stereocenters. The number of nitrogen functional groups attached to an aromatic ring is 1. The van der Waals surface area contributed by atoms with Gasteiger partial charge in [-0.2, -0.15) is 0 Å². The molecule has 0 spiro atoms. The monoisotopic (exact) mass is 353 g/mol. The van der Waals surface area contributed by atoms with Gasteiger partial charge in [0, 0.05) is 24.8 Å². The lowest BCUT2D eigenvalue weighted by atomic mass is 10.1. The predicted octanol–water partition coefficient (Wildman–Crippen LogP) is 3.38. The van der Waals surface area contributed by atoms with Crippen LogP contribution in [-0.2, 0) is 6.54 Å². The van der Waals surface area contributed by atoms with Crippen molar-refractivity contribution in [3.63, 3.8) is 0 Å². The van der Waals surface area contributed by atoms with Crippen molar-refractivity contribution in [3.8, 4) is 0 Å². The molecule has 0 aliphatic carbocycles. The van der Waals surface area contributed by atoms with E-state index in [1.54, 1.807) is 28.4 Å². The maximum Gasteiger partial charge on any atom is 0.254 e. The van der Waals surface area contributed by atoms with Gasteiger partial charge in [-0.25, -0.2) is 0 Å². The summed E-state index contributed by atoms with van der Waals surface area (Å²) in [7, 11) is 1.81. The van der Waals surface area contributed by atoms with Gasteiger partial charge in [0.1, 0.15) is 0 Å². The van der Waals surface area contributed by atoms with Gasteiger partial charge in [0.05, 0.1) is 3.79 Å². The Kier molecular flexibility index (Phi) is 4.80. The van der Waals surface area contributed by atoms with Crippen molar-refractivity contribution in [2.24, 2.45) is 5.84 Å². The highest BCUT2D eigenvalue weighted by atomic mass is 79.9. The molecular weight excluding hydrogens is 338 g/mol. The van der Waals surface area contributed by atoms with Crippen LogP contribution in [0.25, 0.3) is 0 Å². The summed E-state index contributed by atoms with van der Waals surface area (Å²) in [6, 6.07) is 7.49. The first kappa shape index (κ1) is 15.0. The van der Waals surface area contributed by atoms with E-state index in [4.69, 9.17) is 5.84 Å². The molecule has 0 atom stereocenters. The Hall–Kier alpha value is -1.37. The summed E-state index contributed by atoms with van der Waals surface area (Å²) in [6.45, 7) is 2.50. The molecule has 0 bridgehead atoms. The number of hydrazine groups is 1. The number of nitrogens with one attached hydrogen (secondary N) is 1. The van der Waals surface area contributed by atoms with E-state index in [0.29, 0.717) is 12.1 Å². The van der Waals surface area contributed by atoms with Crippen LogP contribution >= 0.6 is 27.3 Å². The van der Waals surface area contributed by atoms with Gasteiger partial charge in [-0.15, -0.1) is 11.3 Å². The van der Waals surface area contributed by atoms with E-state index in [0.717, 1.165) is 20.6 Å². The summed E-state index contributed by atoms with van der Waals surface area (Å²) in [5, 5.41) is 2.04. The fourth-order valence-electron chi connectivity index (χ4n) is 1.97. The Labute approximate surface area is 130 Å². The van der Waals surface area contributed by atoms with Crippen LogP contribution in [0.1, 0.15) is 21.5 Å². The molecule has 1 aromatic heterocycles. The van der Waals surface area contributed by atoms with E-state index in [-0.39, 0.29) is 5.91 Å². The molecule has 2 aromatic rings. The Morgan fingerprint density at radius 2 is 2.20 bits per heavy atom. The second-order valence-corrected chi connectivity index (χ2v) is 6.88. The summed E-state index contributed by atoms with van der Waals surface area (Å²) >= 11 is 5.05. The van der Waals surface area contributed by atoms with Crippen LogP contribution in [0.3, 0.4) is 0 Å². The van der Waals surface area contributed by atoms with Crippen molar-refractivity contribution < 1.29 is 4.79 Å². The molecule has 4 nitrogen and oxygen atoms in total. The lowest BCUT2D eigenvalue weighted by Gasteiger charge is -2.18. The van der Waals surface area contributed by atoms with Gasteiger partial charge in [-0.05, 0) is 63.6 Å². The highest BCUT2D eigenvalue weighted by Gasteiger charge is 2.15. The number of carbonyl (C=O) groups excluding carboxylic acids is 1. The normalized spacial score (nSPS) is 10.4. The zero-order chi connectivity index (χ0) is 14.7. The van der Waals surface area contributed by atoms with Crippen LogP contribution in [-0.4, -0.2) is 17.9 Å². The molecule has 0 saturated heterocycles. The van der Waals surface area contributed by atoms with E-state index < -0.39 is 0 Å². The summed E-state index contributed by atoms with van der Waals surface area (Å²) in [5.41, 5.74) is 6.09. The summed E-state index contributed by atoms with van der Waals surface area (Å²) < 4.78 is 1.07. The van der Waals surface area contributed by atoms with Gasteiger partial charge < -0.3 is 10.3 Å². The Bertz CT molecular complexity index is 627. The predicted molar refractivity (Wildman–Crippen MR) is 86.8 cm³/mol. The topological polar surface area (TPSA) is 58.4 Å². The molecule has 0 aliphatic heterocycles. The molecule has 0 fully saturated rings. The molecule has 1 heterocycles. The number of halogens is 1. The van der Waals surface area contributed by atoms with E-state index in [1.165, 1.54) is 0 Å². The zero-order valence-electron chi connectivity index (χ0n) is 11.3. The first-order valence-electron chi connectivity index (χ1n) is 6.07. The third-order valence-corrected chi connectivity index (χ3v) is 4.56. The second kappa shape index (κ2) is 6.39. The first-order valence-corrected chi connectivity index (χ1v) is 7.74. The van der Waals surface area contributed by atoms with Crippen LogP contribution in [0.2, 0.25) is 0 Å². The number of amides is 1. The molecule has 20 heavy (non-hydrogen) atoms. The number of nitrogens with two attached hydrogens (primary N) is 1. The maximum atomic E-state index is 12.4. The quantitative estimate of drug-likeness (QED) is 0.654. The minimum Gasteiger partial charge on any atom is -0.337 e. The van der Waals surface area contributed by atoms with Crippen LogP contribution in [0.4, 0.5) is 5.69 Å². The molecule has 0 radical (unpaired) electrons. The molecule has 1 amide bonds. The van der Waals surface area contributed by atoms with Gasteiger partial charge >= 0.3 is 0 Å². The molecule has 0 saturated carbocycles. The molecule has 0 aliphatic rings. The largest absolute Gasteiger partial charge is 0.337 e. The molecule has 2 rings (SSSR count). The maximum absolute atomic E-state index is 12.4. The second-order valence-electron chi connectivity index (χ2n) is 4.59. The van der Waals surface area contributed by atoms with E-state index >= 15 is 0 Å². The lowest BCUT2D eigenvalue weighted by Crippen LogP contribution is -2.26. The molecule has 1 aromatic carbocycles.